The lowest BCUT2D eigenvalue weighted by Crippen LogP contribution is -2.03. The molecule has 0 N–H and O–H groups in total. The summed E-state index contributed by atoms with van der Waals surface area (Å²) in [5.41, 5.74) is 5.15. The predicted octanol–water partition coefficient (Wildman–Crippen LogP) is 4.09. The zero-order chi connectivity index (χ0) is 15.0. The predicted molar refractivity (Wildman–Crippen MR) is 85.0 cm³/mol. The Morgan fingerprint density at radius 2 is 1.95 bits per heavy atom. The minimum absolute atomic E-state index is 0.689. The monoisotopic (exact) mass is 274 g/mol. The van der Waals surface area contributed by atoms with E-state index in [9.17, 15) is 0 Å². The van der Waals surface area contributed by atoms with Gasteiger partial charge < -0.3 is 4.74 Å². The van der Waals surface area contributed by atoms with Gasteiger partial charge in [-0.1, -0.05) is 39.0 Å². The number of hydrogen-bond donors (Lipinski definition) is 0. The first-order valence-corrected chi connectivity index (χ1v) is 7.36. The van der Waals surface area contributed by atoms with Crippen molar-refractivity contribution >= 4 is 0 Å². The Morgan fingerprint density at radius 3 is 2.55 bits per heavy atom. The molecule has 1 aromatic carbocycles. The molecule has 3 heteroatoms. The van der Waals surface area contributed by atoms with Gasteiger partial charge in [-0.15, -0.1) is 0 Å². The minimum Gasteiger partial charge on any atom is -0.383 e. The molecule has 2 rings (SSSR count). The van der Waals surface area contributed by atoms with E-state index in [0.29, 0.717) is 6.61 Å². The topological polar surface area (TPSA) is 27.1 Å². The summed E-state index contributed by atoms with van der Waals surface area (Å²) in [6.07, 6.45) is 5.06. The summed E-state index contributed by atoms with van der Waals surface area (Å²) in [6.45, 7) is 9.83. The Balaban J connectivity index is 0.000000956. The van der Waals surface area contributed by atoms with Crippen LogP contribution in [0.1, 0.15) is 31.9 Å². The van der Waals surface area contributed by atoms with Crippen molar-refractivity contribution < 1.29 is 4.74 Å². The van der Waals surface area contributed by atoms with Crippen LogP contribution in [0.5, 0.6) is 0 Å². The van der Waals surface area contributed by atoms with E-state index >= 15 is 0 Å². The summed E-state index contributed by atoms with van der Waals surface area (Å²) in [5, 5.41) is 4.34. The van der Waals surface area contributed by atoms with E-state index in [4.69, 9.17) is 4.74 Å². The molecule has 0 fully saturated rings. The van der Waals surface area contributed by atoms with E-state index in [1.54, 1.807) is 7.11 Å². The molecule has 0 radical (unpaired) electrons. The summed E-state index contributed by atoms with van der Waals surface area (Å²) < 4.78 is 6.97. The standard InChI is InChI=1S/C15H20N2O.C2H6/c1-4-13-5-6-14(9-12(13)2)15-10-16-17(11-15)7-8-18-3;1-2/h5-6,9-11H,4,7-8H2,1-3H3;1-2H3. The Kier molecular flexibility index (Phi) is 7.02. The molecule has 0 saturated carbocycles. The van der Waals surface area contributed by atoms with E-state index in [-0.39, 0.29) is 0 Å². The molecule has 2 aromatic rings. The maximum Gasteiger partial charge on any atom is 0.0658 e. The number of methoxy groups -OCH3 is 1. The van der Waals surface area contributed by atoms with Crippen molar-refractivity contribution in [2.75, 3.05) is 13.7 Å². The minimum atomic E-state index is 0.689. The van der Waals surface area contributed by atoms with E-state index in [1.165, 1.54) is 16.7 Å². The normalized spacial score (nSPS) is 10.1. The fourth-order valence-electron chi connectivity index (χ4n) is 2.09. The van der Waals surface area contributed by atoms with Gasteiger partial charge in [-0.05, 0) is 30.0 Å². The maximum absolute atomic E-state index is 5.05. The van der Waals surface area contributed by atoms with Crippen LogP contribution in [0.3, 0.4) is 0 Å². The summed E-state index contributed by atoms with van der Waals surface area (Å²) in [6, 6.07) is 6.61. The van der Waals surface area contributed by atoms with Crippen LogP contribution in [-0.4, -0.2) is 23.5 Å². The number of benzene rings is 1. The number of hydrogen-bond acceptors (Lipinski definition) is 2. The summed E-state index contributed by atoms with van der Waals surface area (Å²) in [7, 11) is 1.71. The van der Waals surface area contributed by atoms with Crippen LogP contribution in [0.4, 0.5) is 0 Å². The molecule has 0 spiro atoms. The highest BCUT2D eigenvalue weighted by molar-refractivity contribution is 5.63. The fourth-order valence-corrected chi connectivity index (χ4v) is 2.09. The van der Waals surface area contributed by atoms with Gasteiger partial charge in [0.25, 0.3) is 0 Å². The number of nitrogens with zero attached hydrogens (tertiary/aromatic N) is 2. The van der Waals surface area contributed by atoms with Crippen LogP contribution in [0, 0.1) is 6.92 Å². The Labute approximate surface area is 122 Å². The average Bonchev–Trinajstić information content (AvgIpc) is 2.96. The van der Waals surface area contributed by atoms with Crippen molar-refractivity contribution in [2.24, 2.45) is 0 Å². The molecule has 0 atom stereocenters. The average molecular weight is 274 g/mol. The number of rotatable bonds is 5. The molecule has 3 nitrogen and oxygen atoms in total. The first-order chi connectivity index (χ1) is 9.74. The van der Waals surface area contributed by atoms with Gasteiger partial charge in [0, 0.05) is 18.9 Å². The van der Waals surface area contributed by atoms with Crippen molar-refractivity contribution in [1.29, 1.82) is 0 Å². The van der Waals surface area contributed by atoms with Gasteiger partial charge in [-0.25, -0.2) is 0 Å². The lowest BCUT2D eigenvalue weighted by Gasteiger charge is -2.05. The molecule has 0 unspecified atom stereocenters. The Hall–Kier alpha value is -1.61. The van der Waals surface area contributed by atoms with Gasteiger partial charge in [0.15, 0.2) is 0 Å². The van der Waals surface area contributed by atoms with Gasteiger partial charge in [0.05, 0.1) is 19.3 Å². The molecule has 0 bridgehead atoms. The number of aryl methyl sites for hydroxylation is 2. The summed E-state index contributed by atoms with van der Waals surface area (Å²) >= 11 is 0. The summed E-state index contributed by atoms with van der Waals surface area (Å²) in [4.78, 5) is 0. The van der Waals surface area contributed by atoms with Crippen LogP contribution >= 0.6 is 0 Å². The van der Waals surface area contributed by atoms with Gasteiger partial charge >= 0.3 is 0 Å². The quantitative estimate of drug-likeness (QED) is 0.821. The fraction of sp³-hybridized carbons (Fsp3) is 0.471. The molecule has 0 aliphatic carbocycles. The third kappa shape index (κ3) is 4.20. The highest BCUT2D eigenvalue weighted by atomic mass is 16.5. The largest absolute Gasteiger partial charge is 0.383 e. The molecule has 1 heterocycles. The van der Waals surface area contributed by atoms with Crippen molar-refractivity contribution in [2.45, 2.75) is 40.7 Å². The Morgan fingerprint density at radius 1 is 1.20 bits per heavy atom. The molecular weight excluding hydrogens is 248 g/mol. The molecule has 110 valence electrons. The third-order valence-corrected chi connectivity index (χ3v) is 3.21. The molecule has 20 heavy (non-hydrogen) atoms. The number of aromatic nitrogens is 2. The first kappa shape index (κ1) is 16.4. The van der Waals surface area contributed by atoms with Crippen LogP contribution in [-0.2, 0) is 17.7 Å². The molecule has 0 aliphatic rings. The van der Waals surface area contributed by atoms with Crippen LogP contribution < -0.4 is 0 Å². The smallest absolute Gasteiger partial charge is 0.0658 e. The second kappa shape index (κ2) is 8.54. The SMILES string of the molecule is CC.CCc1ccc(-c2cnn(CCOC)c2)cc1C. The molecule has 0 aliphatic heterocycles. The van der Waals surface area contributed by atoms with E-state index in [2.05, 4.69) is 43.3 Å². The van der Waals surface area contributed by atoms with Crippen molar-refractivity contribution in [3.63, 3.8) is 0 Å². The molecular formula is C17H26N2O. The van der Waals surface area contributed by atoms with E-state index < -0.39 is 0 Å². The zero-order valence-corrected chi connectivity index (χ0v) is 13.3. The molecule has 1 aromatic heterocycles. The van der Waals surface area contributed by atoms with Gasteiger partial charge in [0.1, 0.15) is 0 Å². The third-order valence-electron chi connectivity index (χ3n) is 3.21. The summed E-state index contributed by atoms with van der Waals surface area (Å²) in [5.74, 6) is 0. The zero-order valence-electron chi connectivity index (χ0n) is 13.3. The number of ether oxygens (including phenoxy) is 1. The van der Waals surface area contributed by atoms with Gasteiger partial charge in [-0.2, -0.15) is 5.10 Å². The Bertz CT molecular complexity index is 517. The second-order valence-corrected chi connectivity index (χ2v) is 4.48. The van der Waals surface area contributed by atoms with E-state index in [1.807, 2.05) is 24.7 Å². The van der Waals surface area contributed by atoms with Gasteiger partial charge in [-0.3, -0.25) is 4.68 Å². The molecule has 0 amide bonds. The maximum atomic E-state index is 5.05. The van der Waals surface area contributed by atoms with Crippen molar-refractivity contribution in [1.82, 2.24) is 9.78 Å². The van der Waals surface area contributed by atoms with Crippen LogP contribution in [0.2, 0.25) is 0 Å². The lowest BCUT2D eigenvalue weighted by molar-refractivity contribution is 0.183. The highest BCUT2D eigenvalue weighted by Crippen LogP contribution is 2.22. The molecule has 0 saturated heterocycles. The highest BCUT2D eigenvalue weighted by Gasteiger charge is 2.04. The van der Waals surface area contributed by atoms with Crippen molar-refractivity contribution in [3.8, 4) is 11.1 Å². The first-order valence-electron chi connectivity index (χ1n) is 7.36. The van der Waals surface area contributed by atoms with E-state index in [0.717, 1.165) is 18.5 Å². The van der Waals surface area contributed by atoms with Crippen LogP contribution in [0.15, 0.2) is 30.6 Å². The second-order valence-electron chi connectivity index (χ2n) is 4.48. The van der Waals surface area contributed by atoms with Crippen molar-refractivity contribution in [3.05, 3.63) is 41.7 Å². The van der Waals surface area contributed by atoms with Crippen LogP contribution in [0.25, 0.3) is 11.1 Å². The lowest BCUT2D eigenvalue weighted by atomic mass is 10.0. The van der Waals surface area contributed by atoms with Gasteiger partial charge in [0.2, 0.25) is 0 Å².